The van der Waals surface area contributed by atoms with Crippen LogP contribution in [-0.4, -0.2) is 19.6 Å². The number of nitrogens with zero attached hydrogens (tertiary/aromatic N) is 1. The lowest BCUT2D eigenvalue weighted by atomic mass is 10.1. The molecule has 86 valence electrons. The standard InChI is InChI=1S/C13H17ClN2/c1-10-2-3-12(8-13(10)14)16-6-4-11(9-15)5-7-16/h2-4,8H,5-7,9,15H2,1H3. The van der Waals surface area contributed by atoms with Crippen molar-refractivity contribution in [2.75, 3.05) is 24.5 Å². The first kappa shape index (κ1) is 11.5. The van der Waals surface area contributed by atoms with Crippen LogP contribution in [0.25, 0.3) is 0 Å². The van der Waals surface area contributed by atoms with Gasteiger partial charge in [-0.3, -0.25) is 0 Å². The highest BCUT2D eigenvalue weighted by Gasteiger charge is 2.11. The molecule has 1 aromatic carbocycles. The SMILES string of the molecule is Cc1ccc(N2CC=C(CN)CC2)cc1Cl. The number of aryl methyl sites for hydroxylation is 1. The first-order valence-corrected chi connectivity index (χ1v) is 5.97. The predicted molar refractivity (Wildman–Crippen MR) is 70.2 cm³/mol. The summed E-state index contributed by atoms with van der Waals surface area (Å²) in [6, 6.07) is 6.24. The van der Waals surface area contributed by atoms with Gasteiger partial charge in [-0.05, 0) is 31.0 Å². The van der Waals surface area contributed by atoms with E-state index in [1.54, 1.807) is 0 Å². The number of hydrogen-bond acceptors (Lipinski definition) is 2. The minimum atomic E-state index is 0.683. The van der Waals surface area contributed by atoms with Crippen LogP contribution in [-0.2, 0) is 0 Å². The molecule has 0 aromatic heterocycles. The highest BCUT2D eigenvalue weighted by atomic mass is 35.5. The maximum atomic E-state index is 6.13. The van der Waals surface area contributed by atoms with Crippen molar-refractivity contribution in [3.63, 3.8) is 0 Å². The van der Waals surface area contributed by atoms with Crippen LogP contribution in [0, 0.1) is 6.92 Å². The smallest absolute Gasteiger partial charge is 0.0455 e. The lowest BCUT2D eigenvalue weighted by Gasteiger charge is -2.28. The highest BCUT2D eigenvalue weighted by molar-refractivity contribution is 6.31. The van der Waals surface area contributed by atoms with Gasteiger partial charge in [-0.2, -0.15) is 0 Å². The molecule has 1 aliphatic heterocycles. The topological polar surface area (TPSA) is 29.3 Å². The van der Waals surface area contributed by atoms with Gasteiger partial charge < -0.3 is 10.6 Å². The van der Waals surface area contributed by atoms with Gasteiger partial charge in [0.25, 0.3) is 0 Å². The van der Waals surface area contributed by atoms with Crippen molar-refractivity contribution < 1.29 is 0 Å². The molecule has 1 heterocycles. The molecule has 16 heavy (non-hydrogen) atoms. The Bertz CT molecular complexity index is 412. The number of anilines is 1. The van der Waals surface area contributed by atoms with E-state index in [1.807, 2.05) is 13.0 Å². The minimum Gasteiger partial charge on any atom is -0.367 e. The van der Waals surface area contributed by atoms with Crippen molar-refractivity contribution >= 4 is 17.3 Å². The van der Waals surface area contributed by atoms with Gasteiger partial charge in [-0.25, -0.2) is 0 Å². The summed E-state index contributed by atoms with van der Waals surface area (Å²) >= 11 is 6.13. The van der Waals surface area contributed by atoms with Crippen LogP contribution in [0.4, 0.5) is 5.69 Å². The summed E-state index contributed by atoms with van der Waals surface area (Å²) in [6.07, 6.45) is 3.28. The van der Waals surface area contributed by atoms with Crippen LogP contribution in [0.3, 0.4) is 0 Å². The van der Waals surface area contributed by atoms with Gasteiger partial charge in [0.05, 0.1) is 0 Å². The number of benzene rings is 1. The second-order valence-corrected chi connectivity index (χ2v) is 4.60. The van der Waals surface area contributed by atoms with Crippen LogP contribution in [0.5, 0.6) is 0 Å². The average Bonchev–Trinajstić information content (AvgIpc) is 2.33. The third-order valence-electron chi connectivity index (χ3n) is 3.09. The average molecular weight is 237 g/mol. The quantitative estimate of drug-likeness (QED) is 0.801. The molecule has 0 amide bonds. The molecule has 0 aliphatic carbocycles. The molecule has 0 radical (unpaired) electrons. The van der Waals surface area contributed by atoms with Gasteiger partial charge in [0, 0.05) is 30.3 Å². The van der Waals surface area contributed by atoms with Crippen LogP contribution in [0.1, 0.15) is 12.0 Å². The maximum Gasteiger partial charge on any atom is 0.0455 e. The molecule has 0 spiro atoms. The van der Waals surface area contributed by atoms with Crippen molar-refractivity contribution in [1.29, 1.82) is 0 Å². The monoisotopic (exact) mass is 236 g/mol. The first-order chi connectivity index (χ1) is 7.70. The van der Waals surface area contributed by atoms with Crippen molar-refractivity contribution in [2.45, 2.75) is 13.3 Å². The van der Waals surface area contributed by atoms with E-state index < -0.39 is 0 Å². The molecule has 0 fully saturated rings. The van der Waals surface area contributed by atoms with Gasteiger partial charge in [-0.1, -0.05) is 29.3 Å². The summed E-state index contributed by atoms with van der Waals surface area (Å²) < 4.78 is 0. The molecule has 2 nitrogen and oxygen atoms in total. The summed E-state index contributed by atoms with van der Waals surface area (Å²) in [5, 5.41) is 0.839. The fraction of sp³-hybridized carbons (Fsp3) is 0.385. The van der Waals surface area contributed by atoms with Crippen molar-refractivity contribution in [2.24, 2.45) is 5.73 Å². The zero-order valence-electron chi connectivity index (χ0n) is 9.54. The number of rotatable bonds is 2. The van der Waals surface area contributed by atoms with Crippen molar-refractivity contribution in [1.82, 2.24) is 0 Å². The fourth-order valence-electron chi connectivity index (χ4n) is 1.91. The molecule has 3 heteroatoms. The van der Waals surface area contributed by atoms with E-state index in [4.69, 9.17) is 17.3 Å². The molecular weight excluding hydrogens is 220 g/mol. The third kappa shape index (κ3) is 2.39. The van der Waals surface area contributed by atoms with Gasteiger partial charge in [0.15, 0.2) is 0 Å². The summed E-state index contributed by atoms with van der Waals surface area (Å²) in [5.74, 6) is 0. The maximum absolute atomic E-state index is 6.13. The Morgan fingerprint density at radius 2 is 2.25 bits per heavy atom. The van der Waals surface area contributed by atoms with E-state index in [0.717, 1.165) is 30.1 Å². The molecule has 1 aromatic rings. The molecule has 0 bridgehead atoms. The van der Waals surface area contributed by atoms with Crippen molar-refractivity contribution in [3.8, 4) is 0 Å². The van der Waals surface area contributed by atoms with E-state index in [0.29, 0.717) is 6.54 Å². The van der Waals surface area contributed by atoms with Gasteiger partial charge in [-0.15, -0.1) is 0 Å². The second-order valence-electron chi connectivity index (χ2n) is 4.20. The number of hydrogen-bond donors (Lipinski definition) is 1. The zero-order chi connectivity index (χ0) is 11.5. The Morgan fingerprint density at radius 1 is 1.44 bits per heavy atom. The highest BCUT2D eigenvalue weighted by Crippen LogP contribution is 2.25. The van der Waals surface area contributed by atoms with E-state index in [1.165, 1.54) is 11.3 Å². The molecule has 2 N–H and O–H groups in total. The Kier molecular flexibility index (Phi) is 3.52. The van der Waals surface area contributed by atoms with Gasteiger partial charge in [0.2, 0.25) is 0 Å². The molecule has 2 rings (SSSR count). The largest absolute Gasteiger partial charge is 0.367 e. The van der Waals surface area contributed by atoms with E-state index in [2.05, 4.69) is 23.1 Å². The molecule has 0 saturated carbocycles. The predicted octanol–water partition coefficient (Wildman–Crippen LogP) is 2.74. The Hall–Kier alpha value is -0.990. The van der Waals surface area contributed by atoms with Crippen molar-refractivity contribution in [3.05, 3.63) is 40.4 Å². The fourth-order valence-corrected chi connectivity index (χ4v) is 2.08. The lowest BCUT2D eigenvalue weighted by Crippen LogP contribution is -2.29. The van der Waals surface area contributed by atoms with Crippen LogP contribution in [0.15, 0.2) is 29.8 Å². The first-order valence-electron chi connectivity index (χ1n) is 5.60. The summed E-state index contributed by atoms with van der Waals surface area (Å²) in [7, 11) is 0. The van der Waals surface area contributed by atoms with Crippen LogP contribution >= 0.6 is 11.6 Å². The Labute approximate surface area is 102 Å². The Balaban J connectivity index is 2.14. The molecule has 0 unspecified atom stereocenters. The van der Waals surface area contributed by atoms with E-state index in [9.17, 15) is 0 Å². The van der Waals surface area contributed by atoms with Crippen LogP contribution in [0.2, 0.25) is 5.02 Å². The van der Waals surface area contributed by atoms with E-state index in [-0.39, 0.29) is 0 Å². The summed E-state index contributed by atoms with van der Waals surface area (Å²) in [6.45, 7) is 4.67. The number of nitrogens with two attached hydrogens (primary N) is 1. The third-order valence-corrected chi connectivity index (χ3v) is 3.49. The number of halogens is 1. The zero-order valence-corrected chi connectivity index (χ0v) is 10.3. The molecule has 1 aliphatic rings. The van der Waals surface area contributed by atoms with Gasteiger partial charge in [0.1, 0.15) is 0 Å². The molecule has 0 saturated heterocycles. The Morgan fingerprint density at radius 3 is 2.81 bits per heavy atom. The summed E-state index contributed by atoms with van der Waals surface area (Å²) in [4.78, 5) is 2.32. The lowest BCUT2D eigenvalue weighted by molar-refractivity contribution is 0.773. The van der Waals surface area contributed by atoms with E-state index >= 15 is 0 Å². The molecular formula is C13H17ClN2. The van der Waals surface area contributed by atoms with Crippen LogP contribution < -0.4 is 10.6 Å². The second kappa shape index (κ2) is 4.89. The normalized spacial score (nSPS) is 16.2. The molecule has 0 atom stereocenters. The summed E-state index contributed by atoms with van der Waals surface area (Å²) in [5.41, 5.74) is 9.30. The van der Waals surface area contributed by atoms with Gasteiger partial charge >= 0.3 is 0 Å². The minimum absolute atomic E-state index is 0.683.